The Morgan fingerprint density at radius 2 is 1.45 bits per heavy atom. The van der Waals surface area contributed by atoms with Gasteiger partial charge < -0.3 is 18.9 Å². The van der Waals surface area contributed by atoms with Crippen molar-refractivity contribution in [1.29, 1.82) is 0 Å². The topological polar surface area (TPSA) is 69.5 Å². The van der Waals surface area contributed by atoms with E-state index in [1.165, 1.54) is 0 Å². The quantitative estimate of drug-likeness (QED) is 0.337. The van der Waals surface area contributed by atoms with Crippen LogP contribution in [0.25, 0.3) is 11.0 Å². The molecule has 2 aromatic heterocycles. The van der Waals surface area contributed by atoms with E-state index in [9.17, 15) is 4.79 Å². The summed E-state index contributed by atoms with van der Waals surface area (Å²) in [4.78, 5) is 23.1. The van der Waals surface area contributed by atoms with Gasteiger partial charge >= 0.3 is 0 Å². The monoisotopic (exact) mass is 444 g/mol. The molecule has 0 saturated carbocycles. The Labute approximate surface area is 193 Å². The van der Waals surface area contributed by atoms with Crippen LogP contribution in [0.5, 0.6) is 11.5 Å². The van der Waals surface area contributed by atoms with Crippen molar-refractivity contribution in [3.63, 3.8) is 0 Å². The first-order valence-corrected chi connectivity index (χ1v) is 10.9. The molecule has 7 heteroatoms. The molecule has 7 nitrogen and oxygen atoms in total. The van der Waals surface area contributed by atoms with E-state index in [0.29, 0.717) is 18.8 Å². The van der Waals surface area contributed by atoms with E-state index in [0.717, 1.165) is 45.8 Å². The highest BCUT2D eigenvalue weighted by atomic mass is 16.5. The van der Waals surface area contributed by atoms with Crippen LogP contribution >= 0.6 is 0 Å². The number of carbonyl (C=O) groups excluding carboxylic acids is 1. The highest BCUT2D eigenvalue weighted by Crippen LogP contribution is 2.30. The van der Waals surface area contributed by atoms with E-state index in [1.807, 2.05) is 73.0 Å². The summed E-state index contributed by atoms with van der Waals surface area (Å²) >= 11 is 0. The van der Waals surface area contributed by atoms with Crippen molar-refractivity contribution in [2.75, 3.05) is 19.1 Å². The molecule has 4 aromatic rings. The first kappa shape index (κ1) is 22.3. The Kier molecular flexibility index (Phi) is 6.58. The second-order valence-corrected chi connectivity index (χ2v) is 8.14. The van der Waals surface area contributed by atoms with E-state index >= 15 is 0 Å². The Balaban J connectivity index is 1.78. The molecule has 2 heterocycles. The number of carbonyl (C=O) groups is 1. The summed E-state index contributed by atoms with van der Waals surface area (Å²) in [5.74, 6) is 2.41. The van der Waals surface area contributed by atoms with Crippen LogP contribution in [0.1, 0.15) is 41.5 Å². The first-order chi connectivity index (χ1) is 16.0. The summed E-state index contributed by atoms with van der Waals surface area (Å²) in [6, 6.07) is 18.0. The van der Waals surface area contributed by atoms with Gasteiger partial charge in [-0.15, -0.1) is 0 Å². The van der Waals surface area contributed by atoms with Crippen molar-refractivity contribution >= 4 is 23.1 Å². The number of ether oxygens (including phenoxy) is 2. The van der Waals surface area contributed by atoms with Crippen LogP contribution in [0.4, 0.5) is 5.82 Å². The van der Waals surface area contributed by atoms with Crippen LogP contribution in [-0.2, 0) is 13.1 Å². The average Bonchev–Trinajstić information content (AvgIpc) is 3.24. The molecule has 0 amide bonds. The van der Waals surface area contributed by atoms with Crippen LogP contribution in [-0.4, -0.2) is 35.0 Å². The summed E-state index contributed by atoms with van der Waals surface area (Å²) in [6.07, 6.45) is 2.45. The molecule has 0 N–H and O–H groups in total. The summed E-state index contributed by atoms with van der Waals surface area (Å²) in [5.41, 5.74) is 3.59. The molecule has 0 aliphatic heterocycles. The third-order valence-corrected chi connectivity index (χ3v) is 5.64. The summed E-state index contributed by atoms with van der Waals surface area (Å²) in [7, 11) is 3.32. The van der Waals surface area contributed by atoms with Crippen molar-refractivity contribution in [1.82, 2.24) is 14.5 Å². The van der Waals surface area contributed by atoms with Gasteiger partial charge in [-0.1, -0.05) is 24.3 Å². The summed E-state index contributed by atoms with van der Waals surface area (Å²) in [5, 5.41) is 0.857. The second kappa shape index (κ2) is 9.73. The number of rotatable bonds is 9. The second-order valence-electron chi connectivity index (χ2n) is 8.14. The third-order valence-electron chi connectivity index (χ3n) is 5.64. The molecular weight excluding hydrogens is 416 g/mol. The van der Waals surface area contributed by atoms with Crippen LogP contribution in [0.3, 0.4) is 0 Å². The predicted molar refractivity (Wildman–Crippen MR) is 129 cm³/mol. The van der Waals surface area contributed by atoms with E-state index in [4.69, 9.17) is 9.47 Å². The number of fused-ring (bicyclic) bond motifs is 1. The minimum Gasteiger partial charge on any atom is -0.497 e. The number of hydrogen-bond acceptors (Lipinski definition) is 6. The molecule has 33 heavy (non-hydrogen) atoms. The van der Waals surface area contributed by atoms with E-state index in [2.05, 4.69) is 14.9 Å². The highest BCUT2D eigenvalue weighted by molar-refractivity contribution is 5.93. The van der Waals surface area contributed by atoms with Crippen molar-refractivity contribution in [3.8, 4) is 11.5 Å². The molecule has 170 valence electrons. The standard InChI is InChI=1S/C26H28N4O3/c1-18(2)30-21(16-31)13-24-25(27-17-28-26(24)30)29(14-19-5-9-22(32-3)10-6-19)15-20-7-11-23(33-4)12-8-20/h5-13,16-18H,14-15H2,1-4H3. The Morgan fingerprint density at radius 1 is 0.909 bits per heavy atom. The zero-order valence-electron chi connectivity index (χ0n) is 19.4. The summed E-state index contributed by atoms with van der Waals surface area (Å²) < 4.78 is 12.6. The zero-order chi connectivity index (χ0) is 23.4. The minimum atomic E-state index is 0.0991. The van der Waals surface area contributed by atoms with Crippen molar-refractivity contribution in [2.24, 2.45) is 0 Å². The fourth-order valence-corrected chi connectivity index (χ4v) is 4.03. The summed E-state index contributed by atoms with van der Waals surface area (Å²) in [6.45, 7) is 5.35. The average molecular weight is 445 g/mol. The number of methoxy groups -OCH3 is 2. The lowest BCUT2D eigenvalue weighted by atomic mass is 10.1. The molecule has 0 radical (unpaired) electrons. The normalized spacial score (nSPS) is 11.1. The van der Waals surface area contributed by atoms with Crippen LogP contribution in [0, 0.1) is 0 Å². The van der Waals surface area contributed by atoms with Crippen molar-refractivity contribution in [2.45, 2.75) is 33.0 Å². The van der Waals surface area contributed by atoms with Crippen LogP contribution < -0.4 is 14.4 Å². The molecule has 0 aliphatic carbocycles. The molecule has 0 aliphatic rings. The van der Waals surface area contributed by atoms with Gasteiger partial charge in [0.1, 0.15) is 29.3 Å². The van der Waals surface area contributed by atoms with Gasteiger partial charge in [0, 0.05) is 19.1 Å². The minimum absolute atomic E-state index is 0.0991. The number of benzene rings is 2. The number of anilines is 1. The largest absolute Gasteiger partial charge is 0.497 e. The molecule has 0 saturated heterocycles. The van der Waals surface area contributed by atoms with Gasteiger partial charge in [-0.2, -0.15) is 0 Å². The van der Waals surface area contributed by atoms with Crippen LogP contribution in [0.15, 0.2) is 60.9 Å². The number of aromatic nitrogens is 3. The molecule has 0 fully saturated rings. The molecule has 0 unspecified atom stereocenters. The Bertz CT molecular complexity index is 1180. The predicted octanol–water partition coefficient (Wildman–Crippen LogP) is 5.05. The molecule has 0 atom stereocenters. The molecule has 0 spiro atoms. The molecular formula is C26H28N4O3. The Hall–Kier alpha value is -3.87. The van der Waals surface area contributed by atoms with Gasteiger partial charge in [0.15, 0.2) is 6.29 Å². The van der Waals surface area contributed by atoms with Crippen LogP contribution in [0.2, 0.25) is 0 Å². The number of aldehydes is 1. The van der Waals surface area contributed by atoms with Gasteiger partial charge in [-0.25, -0.2) is 9.97 Å². The van der Waals surface area contributed by atoms with E-state index < -0.39 is 0 Å². The fourth-order valence-electron chi connectivity index (χ4n) is 4.03. The lowest BCUT2D eigenvalue weighted by Crippen LogP contribution is -2.23. The molecule has 4 rings (SSSR count). The van der Waals surface area contributed by atoms with E-state index in [1.54, 1.807) is 20.5 Å². The lowest BCUT2D eigenvalue weighted by molar-refractivity contribution is 0.111. The highest BCUT2D eigenvalue weighted by Gasteiger charge is 2.20. The zero-order valence-corrected chi connectivity index (χ0v) is 19.4. The Morgan fingerprint density at radius 3 is 1.91 bits per heavy atom. The smallest absolute Gasteiger partial charge is 0.166 e. The fraction of sp³-hybridized carbons (Fsp3) is 0.269. The van der Waals surface area contributed by atoms with Crippen molar-refractivity contribution in [3.05, 3.63) is 77.7 Å². The molecule has 2 aromatic carbocycles. The van der Waals surface area contributed by atoms with Gasteiger partial charge in [0.25, 0.3) is 0 Å². The maximum absolute atomic E-state index is 11.8. The first-order valence-electron chi connectivity index (χ1n) is 10.9. The van der Waals surface area contributed by atoms with Gasteiger partial charge in [-0.05, 0) is 55.3 Å². The van der Waals surface area contributed by atoms with Gasteiger partial charge in [-0.3, -0.25) is 4.79 Å². The lowest BCUT2D eigenvalue weighted by Gasteiger charge is -2.25. The molecule has 0 bridgehead atoms. The van der Waals surface area contributed by atoms with E-state index in [-0.39, 0.29) is 6.04 Å². The maximum Gasteiger partial charge on any atom is 0.166 e. The van der Waals surface area contributed by atoms with Gasteiger partial charge in [0.05, 0.1) is 25.3 Å². The SMILES string of the molecule is COc1ccc(CN(Cc2ccc(OC)cc2)c2ncnc3c2cc(C=O)n3C(C)C)cc1. The maximum atomic E-state index is 11.8. The van der Waals surface area contributed by atoms with Gasteiger partial charge in [0.2, 0.25) is 0 Å². The third kappa shape index (κ3) is 4.67. The number of nitrogens with zero attached hydrogens (tertiary/aromatic N) is 4. The van der Waals surface area contributed by atoms with Crippen molar-refractivity contribution < 1.29 is 14.3 Å². The number of hydrogen-bond donors (Lipinski definition) is 0.